The summed E-state index contributed by atoms with van der Waals surface area (Å²) in [6.07, 6.45) is 11.9. The minimum absolute atomic E-state index is 0.0463. The van der Waals surface area contributed by atoms with E-state index in [4.69, 9.17) is 11.8 Å². The van der Waals surface area contributed by atoms with Crippen molar-refractivity contribution in [3.8, 4) is 23.7 Å². The number of halogens is 1. The number of hydrogen-bond donors (Lipinski definition) is 7. The minimum atomic E-state index is -0.902. The first-order valence-corrected chi connectivity index (χ1v) is 27.2. The molecular formula is C54H87ClN10O8. The van der Waals surface area contributed by atoms with Crippen LogP contribution < -0.4 is 37.2 Å². The third-order valence-electron chi connectivity index (χ3n) is 15.0. The van der Waals surface area contributed by atoms with Crippen LogP contribution in [0.15, 0.2) is 0 Å². The quantitative estimate of drug-likeness (QED) is 0.0535. The van der Waals surface area contributed by atoms with Crippen molar-refractivity contribution >= 4 is 59.0 Å². The topological polar surface area (TPSA) is 230 Å². The van der Waals surface area contributed by atoms with Crippen LogP contribution in [0.1, 0.15) is 158 Å². The van der Waals surface area contributed by atoms with Gasteiger partial charge in [0, 0.05) is 46.1 Å². The van der Waals surface area contributed by atoms with E-state index < -0.39 is 65.1 Å². The average molecular weight is 1040 g/mol. The molecular weight excluding hydrogens is 952 g/mol. The molecule has 18 nitrogen and oxygen atoms in total. The fourth-order valence-electron chi connectivity index (χ4n) is 10.2. The Balaban J connectivity index is 1.30. The Labute approximate surface area is 440 Å². The van der Waals surface area contributed by atoms with Crippen LogP contribution in [0.4, 0.5) is 0 Å². The number of nitrogens with one attached hydrogen (secondary N) is 7. The molecule has 0 radical (unpaired) electrons. The zero-order valence-corrected chi connectivity index (χ0v) is 46.2. The second-order valence-corrected chi connectivity index (χ2v) is 23.2. The van der Waals surface area contributed by atoms with Crippen LogP contribution in [-0.2, 0) is 38.4 Å². The number of hydrogen-bond acceptors (Lipinski definition) is 10. The first-order valence-electron chi connectivity index (χ1n) is 26.9. The highest BCUT2D eigenvalue weighted by atomic mass is 35.5. The molecule has 0 aromatic rings. The van der Waals surface area contributed by atoms with Crippen molar-refractivity contribution in [2.24, 2.45) is 22.7 Å². The lowest BCUT2D eigenvalue weighted by atomic mass is 9.83. The second-order valence-electron chi connectivity index (χ2n) is 22.7. The average Bonchev–Trinajstić information content (AvgIpc) is 4.06. The summed E-state index contributed by atoms with van der Waals surface area (Å²) >= 11 is 6.04. The van der Waals surface area contributed by atoms with E-state index in [0.717, 1.165) is 64.2 Å². The maximum Gasteiger partial charge on any atom is 0.246 e. The van der Waals surface area contributed by atoms with Gasteiger partial charge in [0.1, 0.15) is 42.3 Å². The molecule has 0 unspecified atom stereocenters. The van der Waals surface area contributed by atoms with Crippen LogP contribution in [0.3, 0.4) is 0 Å². The highest BCUT2D eigenvalue weighted by Gasteiger charge is 2.45. The van der Waals surface area contributed by atoms with Crippen LogP contribution >= 0.6 is 11.8 Å². The predicted octanol–water partition coefficient (Wildman–Crippen LogP) is 3.26. The van der Waals surface area contributed by atoms with Crippen LogP contribution in [0.25, 0.3) is 0 Å². The van der Waals surface area contributed by atoms with E-state index in [1.165, 1.54) is 9.32 Å². The standard InChI is InChI=1S/C54H87ClN10O8/c1-35(56-9)45(66)61-43(53(3,4)5)51(72)64-33-23-29-39(64)47(68)59-41(37-25-17-15-18-26-37)49(70)57-31-21-13-11-12-14-22-32-58-50(71)42(38-27-19-16-20-28-38)60-48(69)40-30-24-34-65(40)52(73)44(54(6,7)8)62-46(67)36(2)63(10)55/h35-44,56H,15-34H2,1-10H3,(H,57,70)(H,58,71)(H,59,68)(H,60,69)(H,61,66)(H,62,67)/t35-,36-,39-,40-,41-,42-,43+,44+/m0/s1. The molecule has 0 bridgehead atoms. The third kappa shape index (κ3) is 17.9. The number of likely N-dealkylation sites (N-methyl/N-ethyl adjacent to an activating group) is 2. The maximum atomic E-state index is 14.1. The predicted molar refractivity (Wildman–Crippen MR) is 282 cm³/mol. The van der Waals surface area contributed by atoms with Crippen molar-refractivity contribution in [1.29, 1.82) is 0 Å². The smallest absolute Gasteiger partial charge is 0.246 e. The monoisotopic (exact) mass is 1040 g/mol. The highest BCUT2D eigenvalue weighted by Crippen LogP contribution is 2.31. The molecule has 7 N–H and O–H groups in total. The Morgan fingerprint density at radius 3 is 1.30 bits per heavy atom. The zero-order valence-electron chi connectivity index (χ0n) is 45.4. The van der Waals surface area contributed by atoms with Gasteiger partial charge in [0.05, 0.1) is 6.04 Å². The molecule has 2 aliphatic heterocycles. The highest BCUT2D eigenvalue weighted by molar-refractivity contribution is 6.14. The molecule has 2 aliphatic carbocycles. The van der Waals surface area contributed by atoms with Crippen molar-refractivity contribution in [3.05, 3.63) is 0 Å². The summed E-state index contributed by atoms with van der Waals surface area (Å²) in [7, 11) is 3.24. The normalized spacial score (nSPS) is 21.2. The van der Waals surface area contributed by atoms with E-state index in [2.05, 4.69) is 60.9 Å². The Hall–Kier alpha value is -4.91. The Kier molecular flexibility index (Phi) is 23.8. The molecule has 8 amide bonds. The van der Waals surface area contributed by atoms with Crippen molar-refractivity contribution in [3.63, 3.8) is 0 Å². The molecule has 2 saturated heterocycles. The fourth-order valence-corrected chi connectivity index (χ4v) is 10.3. The van der Waals surface area contributed by atoms with E-state index in [-0.39, 0.29) is 66.3 Å². The first-order chi connectivity index (χ1) is 34.5. The Bertz CT molecular complexity index is 2060. The van der Waals surface area contributed by atoms with Gasteiger partial charge in [-0.05, 0) is 119 Å². The molecule has 0 spiro atoms. The summed E-state index contributed by atoms with van der Waals surface area (Å²) in [5.74, 6) is 8.74. The molecule has 4 aliphatic rings. The zero-order chi connectivity index (χ0) is 54.0. The minimum Gasteiger partial charge on any atom is -0.353 e. The van der Waals surface area contributed by atoms with Gasteiger partial charge in [0.25, 0.3) is 0 Å². The molecule has 0 aromatic carbocycles. The van der Waals surface area contributed by atoms with Crippen LogP contribution in [-0.4, -0.2) is 150 Å². The third-order valence-corrected chi connectivity index (χ3v) is 15.2. The summed E-state index contributed by atoms with van der Waals surface area (Å²) in [6, 6.07) is -6.03. The number of nitrogens with zero attached hydrogens (tertiary/aromatic N) is 3. The molecule has 4 fully saturated rings. The molecule has 73 heavy (non-hydrogen) atoms. The summed E-state index contributed by atoms with van der Waals surface area (Å²) in [5, 5.41) is 20.6. The number of amides is 8. The van der Waals surface area contributed by atoms with Crippen LogP contribution in [0.2, 0.25) is 0 Å². The molecule has 19 heteroatoms. The molecule has 0 aromatic heterocycles. The van der Waals surface area contributed by atoms with Gasteiger partial charge in [-0.3, -0.25) is 38.4 Å². The lowest BCUT2D eigenvalue weighted by Gasteiger charge is -2.37. The maximum absolute atomic E-state index is 14.1. The fraction of sp³-hybridized carbons (Fsp3) is 0.778. The Morgan fingerprint density at radius 1 is 0.562 bits per heavy atom. The van der Waals surface area contributed by atoms with E-state index >= 15 is 0 Å². The summed E-state index contributed by atoms with van der Waals surface area (Å²) in [4.78, 5) is 112. The van der Waals surface area contributed by atoms with Gasteiger partial charge in [-0.2, -0.15) is 0 Å². The van der Waals surface area contributed by atoms with Crippen molar-refractivity contribution in [2.75, 3.05) is 40.3 Å². The molecule has 8 atom stereocenters. The van der Waals surface area contributed by atoms with E-state index in [1.807, 2.05) is 41.5 Å². The van der Waals surface area contributed by atoms with Gasteiger partial charge < -0.3 is 47.0 Å². The van der Waals surface area contributed by atoms with Gasteiger partial charge >= 0.3 is 0 Å². The number of rotatable bonds is 20. The Morgan fingerprint density at radius 2 is 0.945 bits per heavy atom. The van der Waals surface area contributed by atoms with Gasteiger partial charge in [0.15, 0.2) is 0 Å². The summed E-state index contributed by atoms with van der Waals surface area (Å²) < 4.78 is 1.24. The van der Waals surface area contributed by atoms with Crippen molar-refractivity contribution < 1.29 is 38.4 Å². The van der Waals surface area contributed by atoms with Gasteiger partial charge in [0.2, 0.25) is 47.3 Å². The van der Waals surface area contributed by atoms with Crippen LogP contribution in [0, 0.1) is 46.3 Å². The van der Waals surface area contributed by atoms with E-state index in [0.29, 0.717) is 51.6 Å². The molecule has 2 saturated carbocycles. The summed E-state index contributed by atoms with van der Waals surface area (Å²) in [6.45, 7) is 15.8. The SMILES string of the molecule is CN[C@@H](C)C(=O)N[C@H](C(=O)N1CCC[C@H]1C(=O)N[C@H](C(=O)NCCC#CC#CCCNC(=O)[C@@H](NC(=O)[C@@H]1CCCN1C(=O)[C@@H](NC(=O)[C@H](C)N(C)Cl)C(C)(C)C)C1CCCCC1)C1CCCCC1)C(C)(C)C. The number of likely N-dealkylation sites (tertiary alicyclic amines) is 2. The summed E-state index contributed by atoms with van der Waals surface area (Å²) in [5.41, 5.74) is -1.27. The van der Waals surface area contributed by atoms with Gasteiger partial charge in [-0.1, -0.05) is 91.9 Å². The van der Waals surface area contributed by atoms with Crippen molar-refractivity contribution in [2.45, 2.75) is 206 Å². The van der Waals surface area contributed by atoms with Gasteiger partial charge in [-0.15, -0.1) is 0 Å². The number of carbonyl (C=O) groups excluding carboxylic acids is 8. The molecule has 4 rings (SSSR count). The molecule has 408 valence electrons. The van der Waals surface area contributed by atoms with Gasteiger partial charge in [-0.25, -0.2) is 4.42 Å². The second kappa shape index (κ2) is 28.7. The first kappa shape index (κ1) is 60.6. The molecule has 2 heterocycles. The lowest BCUT2D eigenvalue weighted by Crippen LogP contribution is -2.61. The largest absolute Gasteiger partial charge is 0.353 e. The lowest BCUT2D eigenvalue weighted by molar-refractivity contribution is -0.145. The van der Waals surface area contributed by atoms with E-state index in [9.17, 15) is 38.4 Å². The van der Waals surface area contributed by atoms with Crippen molar-refractivity contribution in [1.82, 2.24) is 51.4 Å². The van der Waals surface area contributed by atoms with Crippen LogP contribution in [0.5, 0.6) is 0 Å². The number of carbonyl (C=O) groups is 8. The van der Waals surface area contributed by atoms with E-state index in [1.54, 1.807) is 32.8 Å².